The molecule has 0 bridgehead atoms. The number of thiophene rings is 1. The second-order valence-corrected chi connectivity index (χ2v) is 5.77. The fourth-order valence-corrected chi connectivity index (χ4v) is 3.53. The molecule has 1 aromatic rings. The summed E-state index contributed by atoms with van der Waals surface area (Å²) in [5.41, 5.74) is 1.35. The Kier molecular flexibility index (Phi) is 3.16. The lowest BCUT2D eigenvalue weighted by Gasteiger charge is -2.32. The molecule has 0 aliphatic carbocycles. The molecule has 0 saturated carbocycles. The number of fused-ring (bicyclic) bond motifs is 1. The first kappa shape index (κ1) is 11.2. The van der Waals surface area contributed by atoms with Crippen molar-refractivity contribution in [3.63, 3.8) is 0 Å². The molecule has 2 aliphatic heterocycles. The van der Waals surface area contributed by atoms with Crippen LogP contribution in [0.4, 0.5) is 0 Å². The molecular formula is C13H17NO2S. The predicted octanol–water partition coefficient (Wildman–Crippen LogP) is 2.06. The van der Waals surface area contributed by atoms with E-state index in [2.05, 4.69) is 11.4 Å². The third-order valence-corrected chi connectivity index (χ3v) is 4.71. The first-order valence-corrected chi connectivity index (χ1v) is 7.14. The van der Waals surface area contributed by atoms with Gasteiger partial charge in [-0.25, -0.2) is 0 Å². The van der Waals surface area contributed by atoms with Crippen molar-refractivity contribution in [2.75, 3.05) is 19.8 Å². The van der Waals surface area contributed by atoms with Crippen LogP contribution < -0.4 is 0 Å². The van der Waals surface area contributed by atoms with Gasteiger partial charge in [-0.3, -0.25) is 4.79 Å². The van der Waals surface area contributed by atoms with Crippen molar-refractivity contribution in [3.8, 4) is 0 Å². The SMILES string of the molecule is O=C(C1CCOCC1)N1CCc2sccc2C1. The molecule has 3 heterocycles. The van der Waals surface area contributed by atoms with Gasteiger partial charge in [0, 0.05) is 37.1 Å². The molecule has 1 amide bonds. The van der Waals surface area contributed by atoms with Crippen LogP contribution in [-0.2, 0) is 22.5 Å². The largest absolute Gasteiger partial charge is 0.381 e. The van der Waals surface area contributed by atoms with Crippen molar-refractivity contribution in [1.29, 1.82) is 0 Å². The summed E-state index contributed by atoms with van der Waals surface area (Å²) in [5, 5.41) is 2.13. The standard InChI is InChI=1S/C13H17NO2S/c15-13(10-2-6-16-7-3-10)14-5-1-12-11(9-14)4-8-17-12/h4,8,10H,1-3,5-7,9H2. The first-order chi connectivity index (χ1) is 8.34. The Balaban J connectivity index is 1.67. The quantitative estimate of drug-likeness (QED) is 0.764. The van der Waals surface area contributed by atoms with Gasteiger partial charge in [0.05, 0.1) is 0 Å². The van der Waals surface area contributed by atoms with Crippen LogP contribution in [-0.4, -0.2) is 30.6 Å². The second-order valence-electron chi connectivity index (χ2n) is 4.77. The van der Waals surface area contributed by atoms with E-state index < -0.39 is 0 Å². The van der Waals surface area contributed by atoms with Crippen LogP contribution >= 0.6 is 11.3 Å². The van der Waals surface area contributed by atoms with Crippen molar-refractivity contribution in [1.82, 2.24) is 4.90 Å². The number of rotatable bonds is 1. The van der Waals surface area contributed by atoms with E-state index in [0.717, 1.165) is 45.6 Å². The molecule has 0 N–H and O–H groups in total. The Labute approximate surface area is 105 Å². The van der Waals surface area contributed by atoms with E-state index in [9.17, 15) is 4.79 Å². The second kappa shape index (κ2) is 4.78. The van der Waals surface area contributed by atoms with E-state index in [1.165, 1.54) is 10.4 Å². The fraction of sp³-hybridized carbons (Fsp3) is 0.615. The minimum atomic E-state index is 0.198. The first-order valence-electron chi connectivity index (χ1n) is 6.26. The Morgan fingerprint density at radius 3 is 3.06 bits per heavy atom. The van der Waals surface area contributed by atoms with Crippen LogP contribution in [0.3, 0.4) is 0 Å². The summed E-state index contributed by atoms with van der Waals surface area (Å²) in [6.07, 6.45) is 2.82. The van der Waals surface area contributed by atoms with Crippen LogP contribution in [0.25, 0.3) is 0 Å². The van der Waals surface area contributed by atoms with E-state index in [1.54, 1.807) is 0 Å². The van der Waals surface area contributed by atoms with Gasteiger partial charge in [0.25, 0.3) is 0 Å². The van der Waals surface area contributed by atoms with Crippen molar-refractivity contribution in [2.24, 2.45) is 5.92 Å². The monoisotopic (exact) mass is 251 g/mol. The molecule has 3 nitrogen and oxygen atoms in total. The number of carbonyl (C=O) groups is 1. The van der Waals surface area contributed by atoms with Gasteiger partial charge < -0.3 is 9.64 Å². The minimum Gasteiger partial charge on any atom is -0.381 e. The van der Waals surface area contributed by atoms with Gasteiger partial charge in [0.1, 0.15) is 0 Å². The molecular weight excluding hydrogens is 234 g/mol. The predicted molar refractivity (Wildman–Crippen MR) is 67.0 cm³/mol. The summed E-state index contributed by atoms with van der Waals surface area (Å²) >= 11 is 1.82. The molecule has 1 aromatic heterocycles. The highest BCUT2D eigenvalue weighted by Gasteiger charge is 2.28. The van der Waals surface area contributed by atoms with Crippen LogP contribution in [0.15, 0.2) is 11.4 Å². The molecule has 0 radical (unpaired) electrons. The Hall–Kier alpha value is -0.870. The molecule has 3 rings (SSSR count). The lowest BCUT2D eigenvalue weighted by molar-refractivity contribution is -0.139. The van der Waals surface area contributed by atoms with Gasteiger partial charge in [0.2, 0.25) is 5.91 Å². The van der Waals surface area contributed by atoms with Gasteiger partial charge >= 0.3 is 0 Å². The van der Waals surface area contributed by atoms with Gasteiger partial charge in [-0.2, -0.15) is 0 Å². The van der Waals surface area contributed by atoms with Crippen LogP contribution in [0, 0.1) is 5.92 Å². The normalized spacial score (nSPS) is 21.3. The number of hydrogen-bond acceptors (Lipinski definition) is 3. The zero-order valence-corrected chi connectivity index (χ0v) is 10.7. The summed E-state index contributed by atoms with van der Waals surface area (Å²) in [4.78, 5) is 15.9. The number of carbonyl (C=O) groups excluding carboxylic acids is 1. The zero-order valence-electron chi connectivity index (χ0n) is 9.85. The number of nitrogens with zero attached hydrogens (tertiary/aromatic N) is 1. The molecule has 2 aliphatic rings. The summed E-state index contributed by atoms with van der Waals surface area (Å²) in [6.45, 7) is 3.20. The third kappa shape index (κ3) is 2.24. The maximum atomic E-state index is 12.4. The van der Waals surface area contributed by atoms with Gasteiger partial charge in [-0.05, 0) is 36.3 Å². The highest BCUT2D eigenvalue weighted by atomic mass is 32.1. The molecule has 1 fully saturated rings. The van der Waals surface area contributed by atoms with Crippen molar-refractivity contribution in [2.45, 2.75) is 25.8 Å². The summed E-state index contributed by atoms with van der Waals surface area (Å²) < 4.78 is 5.31. The summed E-state index contributed by atoms with van der Waals surface area (Å²) in [5.74, 6) is 0.536. The zero-order chi connectivity index (χ0) is 11.7. The van der Waals surface area contributed by atoms with Crippen LogP contribution in [0.5, 0.6) is 0 Å². The molecule has 0 aromatic carbocycles. The average Bonchev–Trinajstić information content (AvgIpc) is 2.86. The Bertz CT molecular complexity index is 409. The smallest absolute Gasteiger partial charge is 0.226 e. The maximum Gasteiger partial charge on any atom is 0.226 e. The van der Waals surface area contributed by atoms with E-state index in [-0.39, 0.29) is 5.92 Å². The fourth-order valence-electron chi connectivity index (χ4n) is 2.64. The van der Waals surface area contributed by atoms with Crippen LogP contribution in [0.2, 0.25) is 0 Å². The number of ether oxygens (including phenoxy) is 1. The molecule has 17 heavy (non-hydrogen) atoms. The van der Waals surface area contributed by atoms with Crippen LogP contribution in [0.1, 0.15) is 23.3 Å². The molecule has 4 heteroatoms. The van der Waals surface area contributed by atoms with Gasteiger partial charge in [-0.15, -0.1) is 11.3 Å². The van der Waals surface area contributed by atoms with E-state index in [0.29, 0.717) is 5.91 Å². The lowest BCUT2D eigenvalue weighted by Crippen LogP contribution is -2.41. The third-order valence-electron chi connectivity index (χ3n) is 3.69. The lowest BCUT2D eigenvalue weighted by atomic mass is 9.97. The highest BCUT2D eigenvalue weighted by Crippen LogP contribution is 2.26. The average molecular weight is 251 g/mol. The van der Waals surface area contributed by atoms with E-state index in [1.807, 2.05) is 16.2 Å². The molecule has 0 unspecified atom stereocenters. The molecule has 0 atom stereocenters. The van der Waals surface area contributed by atoms with Gasteiger partial charge in [0.15, 0.2) is 0 Å². The summed E-state index contributed by atoms with van der Waals surface area (Å²) in [7, 11) is 0. The van der Waals surface area contributed by atoms with Crippen molar-refractivity contribution < 1.29 is 9.53 Å². The van der Waals surface area contributed by atoms with Crippen molar-refractivity contribution in [3.05, 3.63) is 21.9 Å². The highest BCUT2D eigenvalue weighted by molar-refractivity contribution is 7.10. The van der Waals surface area contributed by atoms with E-state index in [4.69, 9.17) is 4.74 Å². The minimum absolute atomic E-state index is 0.198. The maximum absolute atomic E-state index is 12.4. The Morgan fingerprint density at radius 2 is 2.24 bits per heavy atom. The molecule has 0 spiro atoms. The Morgan fingerprint density at radius 1 is 1.41 bits per heavy atom. The van der Waals surface area contributed by atoms with Gasteiger partial charge in [-0.1, -0.05) is 0 Å². The van der Waals surface area contributed by atoms with E-state index >= 15 is 0 Å². The summed E-state index contributed by atoms with van der Waals surface area (Å²) in [6, 6.07) is 2.16. The molecule has 92 valence electrons. The number of amides is 1. The molecule has 1 saturated heterocycles. The topological polar surface area (TPSA) is 29.5 Å². The van der Waals surface area contributed by atoms with Crippen molar-refractivity contribution >= 4 is 17.2 Å². The number of hydrogen-bond donors (Lipinski definition) is 0.